The molecule has 1 heterocycles. The lowest BCUT2D eigenvalue weighted by molar-refractivity contribution is -0.246. The van der Waals surface area contributed by atoms with Gasteiger partial charge in [0, 0.05) is 12.0 Å². The lowest BCUT2D eigenvalue weighted by Crippen LogP contribution is -2.34. The van der Waals surface area contributed by atoms with Crippen LogP contribution >= 0.6 is 0 Å². The molecule has 1 aliphatic heterocycles. The van der Waals surface area contributed by atoms with Crippen molar-refractivity contribution in [3.63, 3.8) is 0 Å². The number of rotatable bonds is 6. The molecule has 24 heavy (non-hydrogen) atoms. The first-order chi connectivity index (χ1) is 11.8. The average molecular weight is 324 g/mol. The molecule has 1 aliphatic rings. The number of ether oxygens (including phenoxy) is 3. The van der Waals surface area contributed by atoms with Gasteiger partial charge in [-0.25, -0.2) is 0 Å². The number of hydrogen-bond acceptors (Lipinski definition) is 3. The first kappa shape index (κ1) is 16.7. The molecule has 0 saturated carbocycles. The van der Waals surface area contributed by atoms with E-state index in [1.54, 1.807) is 7.11 Å². The van der Waals surface area contributed by atoms with Gasteiger partial charge in [-0.3, -0.25) is 0 Å². The molecule has 0 aliphatic carbocycles. The Hall–Kier alpha value is -2.10. The third-order valence-electron chi connectivity index (χ3n) is 4.28. The summed E-state index contributed by atoms with van der Waals surface area (Å²) in [7, 11) is 1.67. The van der Waals surface area contributed by atoms with Crippen LogP contribution in [0.1, 0.15) is 30.3 Å². The standard InChI is InChI=1S/C21H24O3/c1-3-7-19-15-20(14-16-8-5-4-6-9-16)24-21(23-19)17-10-12-18(22-2)13-11-17/h3-6,8-13,19-21H,1,7,14-15H2,2H3/t19-,20+,21+/m1/s1. The van der Waals surface area contributed by atoms with Crippen molar-refractivity contribution in [2.45, 2.75) is 37.8 Å². The summed E-state index contributed by atoms with van der Waals surface area (Å²) in [6.07, 6.45) is 4.46. The zero-order chi connectivity index (χ0) is 16.8. The summed E-state index contributed by atoms with van der Waals surface area (Å²) < 4.78 is 17.6. The summed E-state index contributed by atoms with van der Waals surface area (Å²) in [5.41, 5.74) is 2.30. The first-order valence-corrected chi connectivity index (χ1v) is 8.38. The molecule has 0 unspecified atom stereocenters. The van der Waals surface area contributed by atoms with Gasteiger partial charge < -0.3 is 14.2 Å². The third kappa shape index (κ3) is 4.25. The summed E-state index contributed by atoms with van der Waals surface area (Å²) in [6.45, 7) is 3.85. The van der Waals surface area contributed by atoms with E-state index < -0.39 is 0 Å². The highest BCUT2D eigenvalue weighted by Crippen LogP contribution is 2.33. The molecule has 0 radical (unpaired) electrons. The Morgan fingerprint density at radius 1 is 1.04 bits per heavy atom. The topological polar surface area (TPSA) is 27.7 Å². The van der Waals surface area contributed by atoms with E-state index in [1.165, 1.54) is 5.56 Å². The van der Waals surface area contributed by atoms with E-state index in [0.29, 0.717) is 0 Å². The van der Waals surface area contributed by atoms with Crippen LogP contribution in [-0.4, -0.2) is 19.3 Å². The minimum absolute atomic E-state index is 0.136. The summed E-state index contributed by atoms with van der Waals surface area (Å²) in [4.78, 5) is 0. The van der Waals surface area contributed by atoms with Crippen molar-refractivity contribution in [1.29, 1.82) is 0 Å². The molecule has 0 aromatic heterocycles. The van der Waals surface area contributed by atoms with Crippen molar-refractivity contribution in [2.24, 2.45) is 0 Å². The second-order valence-electron chi connectivity index (χ2n) is 6.07. The maximum absolute atomic E-state index is 6.23. The highest BCUT2D eigenvalue weighted by atomic mass is 16.7. The highest BCUT2D eigenvalue weighted by Gasteiger charge is 2.30. The molecule has 1 fully saturated rings. The summed E-state index contributed by atoms with van der Waals surface area (Å²) in [5.74, 6) is 0.832. The molecule has 1 saturated heterocycles. The Bertz CT molecular complexity index is 636. The molecular formula is C21H24O3. The van der Waals surface area contributed by atoms with Gasteiger partial charge in [-0.1, -0.05) is 48.5 Å². The van der Waals surface area contributed by atoms with Crippen LogP contribution in [0.5, 0.6) is 5.75 Å². The molecule has 2 aromatic carbocycles. The zero-order valence-corrected chi connectivity index (χ0v) is 14.1. The Morgan fingerprint density at radius 3 is 2.42 bits per heavy atom. The van der Waals surface area contributed by atoms with Crippen LogP contribution in [0.2, 0.25) is 0 Å². The maximum atomic E-state index is 6.23. The summed E-state index contributed by atoms with van der Waals surface area (Å²) in [5, 5.41) is 0. The minimum Gasteiger partial charge on any atom is -0.497 e. The van der Waals surface area contributed by atoms with Gasteiger partial charge in [-0.05, 0) is 30.5 Å². The van der Waals surface area contributed by atoms with E-state index in [0.717, 1.165) is 30.6 Å². The molecule has 3 atom stereocenters. The maximum Gasteiger partial charge on any atom is 0.184 e. The van der Waals surface area contributed by atoms with E-state index >= 15 is 0 Å². The summed E-state index contributed by atoms with van der Waals surface area (Å²) in [6, 6.07) is 18.3. The van der Waals surface area contributed by atoms with Crippen molar-refractivity contribution in [1.82, 2.24) is 0 Å². The van der Waals surface area contributed by atoms with Crippen LogP contribution in [0.15, 0.2) is 67.3 Å². The molecule has 0 amide bonds. The second kappa shape index (κ2) is 8.13. The zero-order valence-electron chi connectivity index (χ0n) is 14.1. The van der Waals surface area contributed by atoms with Gasteiger partial charge in [-0.2, -0.15) is 0 Å². The van der Waals surface area contributed by atoms with E-state index in [9.17, 15) is 0 Å². The fraction of sp³-hybridized carbons (Fsp3) is 0.333. The Balaban J connectivity index is 1.74. The third-order valence-corrected chi connectivity index (χ3v) is 4.28. The predicted molar refractivity (Wildman–Crippen MR) is 95.1 cm³/mol. The molecule has 3 rings (SSSR count). The van der Waals surface area contributed by atoms with Crippen LogP contribution in [0, 0.1) is 0 Å². The van der Waals surface area contributed by atoms with Crippen molar-refractivity contribution < 1.29 is 14.2 Å². The molecule has 0 bridgehead atoms. The number of methoxy groups -OCH3 is 1. The fourth-order valence-corrected chi connectivity index (χ4v) is 3.05. The van der Waals surface area contributed by atoms with Crippen molar-refractivity contribution in [3.05, 3.63) is 78.4 Å². The predicted octanol–water partition coefficient (Wildman–Crippen LogP) is 4.69. The van der Waals surface area contributed by atoms with Gasteiger partial charge in [0.15, 0.2) is 6.29 Å². The largest absolute Gasteiger partial charge is 0.497 e. The van der Waals surface area contributed by atoms with Crippen LogP contribution < -0.4 is 4.74 Å². The molecule has 3 nitrogen and oxygen atoms in total. The minimum atomic E-state index is -0.344. The van der Waals surface area contributed by atoms with Gasteiger partial charge in [0.05, 0.1) is 19.3 Å². The first-order valence-electron chi connectivity index (χ1n) is 8.38. The molecule has 3 heteroatoms. The van der Waals surface area contributed by atoms with E-state index in [-0.39, 0.29) is 18.5 Å². The second-order valence-corrected chi connectivity index (χ2v) is 6.07. The van der Waals surface area contributed by atoms with E-state index in [4.69, 9.17) is 14.2 Å². The quantitative estimate of drug-likeness (QED) is 0.722. The van der Waals surface area contributed by atoms with E-state index in [1.807, 2.05) is 36.4 Å². The van der Waals surface area contributed by atoms with Gasteiger partial charge in [0.25, 0.3) is 0 Å². The van der Waals surface area contributed by atoms with Gasteiger partial charge >= 0.3 is 0 Å². The average Bonchev–Trinajstić information content (AvgIpc) is 2.63. The highest BCUT2D eigenvalue weighted by molar-refractivity contribution is 5.28. The molecule has 126 valence electrons. The Morgan fingerprint density at radius 2 is 1.75 bits per heavy atom. The molecule has 0 N–H and O–H groups in total. The Kier molecular flexibility index (Phi) is 5.68. The van der Waals surface area contributed by atoms with Crippen molar-refractivity contribution in [3.8, 4) is 5.75 Å². The monoisotopic (exact) mass is 324 g/mol. The lowest BCUT2D eigenvalue weighted by atomic mass is 9.99. The molecular weight excluding hydrogens is 300 g/mol. The van der Waals surface area contributed by atoms with Crippen molar-refractivity contribution in [2.75, 3.05) is 7.11 Å². The van der Waals surface area contributed by atoms with Crippen molar-refractivity contribution >= 4 is 0 Å². The number of benzene rings is 2. The SMILES string of the molecule is C=CC[C@@H]1C[C@H](Cc2ccccc2)O[C@@H](c2ccc(OC)cc2)O1. The lowest BCUT2D eigenvalue weighted by Gasteiger charge is -2.36. The molecule has 2 aromatic rings. The van der Waals surface area contributed by atoms with Gasteiger partial charge in [0.2, 0.25) is 0 Å². The number of hydrogen-bond donors (Lipinski definition) is 0. The Labute approximate surface area is 143 Å². The van der Waals surface area contributed by atoms with Crippen LogP contribution in [0.25, 0.3) is 0 Å². The van der Waals surface area contributed by atoms with Crippen LogP contribution in [-0.2, 0) is 15.9 Å². The smallest absolute Gasteiger partial charge is 0.184 e. The van der Waals surface area contributed by atoms with Crippen LogP contribution in [0.4, 0.5) is 0 Å². The van der Waals surface area contributed by atoms with Gasteiger partial charge in [-0.15, -0.1) is 6.58 Å². The fourth-order valence-electron chi connectivity index (χ4n) is 3.05. The summed E-state index contributed by atoms with van der Waals surface area (Å²) >= 11 is 0. The van der Waals surface area contributed by atoms with Gasteiger partial charge in [0.1, 0.15) is 5.75 Å². The van der Waals surface area contributed by atoms with Crippen LogP contribution in [0.3, 0.4) is 0 Å². The normalized spacial score (nSPS) is 23.6. The van der Waals surface area contributed by atoms with E-state index in [2.05, 4.69) is 30.8 Å². The molecule has 0 spiro atoms.